The van der Waals surface area contributed by atoms with E-state index in [1.807, 2.05) is 0 Å². The molecule has 2 heteroatoms. The summed E-state index contributed by atoms with van der Waals surface area (Å²) >= 11 is 0. The van der Waals surface area contributed by atoms with Gasteiger partial charge < -0.3 is 10.2 Å². The van der Waals surface area contributed by atoms with Gasteiger partial charge in [-0.1, -0.05) is 38.2 Å². The van der Waals surface area contributed by atoms with Gasteiger partial charge in [-0.2, -0.15) is 0 Å². The maximum Gasteiger partial charge on any atom is 0.0615 e. The second-order valence-electron chi connectivity index (χ2n) is 2.38. The van der Waals surface area contributed by atoms with Crippen molar-refractivity contribution in [2.45, 2.75) is 26.3 Å². The lowest BCUT2D eigenvalue weighted by Crippen LogP contribution is -2.13. The summed E-state index contributed by atoms with van der Waals surface area (Å²) in [6, 6.07) is 0. The average molecular weight is 173 g/mol. The Hall–Kier alpha value is -0.600. The van der Waals surface area contributed by atoms with Gasteiger partial charge in [-0.3, -0.25) is 0 Å². The first kappa shape index (κ1) is 6.87. The number of rotatable bonds is 5. The highest BCUT2D eigenvalue weighted by atomic mass is 16.3. The lowest BCUT2D eigenvalue weighted by Gasteiger charge is -2.11. The van der Waals surface area contributed by atoms with Gasteiger partial charge in [0.1, 0.15) is 0 Å². The molecule has 0 heterocycles. The maximum absolute atomic E-state index is 9.58. The molecule has 2 N–H and O–H groups in total. The summed E-state index contributed by atoms with van der Waals surface area (Å²) in [4.78, 5) is 0. The second kappa shape index (κ2) is 7.07. The minimum atomic E-state index is -1.84. The first-order valence-corrected chi connectivity index (χ1v) is 3.91. The number of allylic oxidation sites excluding steroid dienone is 2. The molecule has 3 atom stereocenters. The van der Waals surface area contributed by atoms with Crippen molar-refractivity contribution < 1.29 is 14.3 Å². The van der Waals surface area contributed by atoms with Crippen molar-refractivity contribution in [1.29, 1.82) is 0 Å². The van der Waals surface area contributed by atoms with E-state index in [1.54, 1.807) is 6.92 Å². The van der Waals surface area contributed by atoms with Crippen molar-refractivity contribution in [2.24, 2.45) is 5.89 Å². The van der Waals surface area contributed by atoms with Crippen LogP contribution in [0, 0.1) is 5.89 Å². The lowest BCUT2D eigenvalue weighted by atomic mass is 10.0. The molecule has 2 nitrogen and oxygen atoms in total. The van der Waals surface area contributed by atoms with Crippen molar-refractivity contribution in [1.82, 2.24) is 0 Å². The van der Waals surface area contributed by atoms with Crippen LogP contribution in [0.5, 0.6) is 0 Å². The summed E-state index contributed by atoms with van der Waals surface area (Å²) in [5.74, 6) is -1.42. The molecule has 0 radical (unpaired) electrons. The molecule has 70 valence electrons. The van der Waals surface area contributed by atoms with Crippen LogP contribution < -0.4 is 0 Å². The summed E-state index contributed by atoms with van der Waals surface area (Å²) in [5.41, 5.74) is 0. The summed E-state index contributed by atoms with van der Waals surface area (Å²) in [5, 5.41) is 18.2. The molecule has 0 saturated carbocycles. The predicted molar refractivity (Wildman–Crippen MR) is 50.8 cm³/mol. The zero-order valence-corrected chi connectivity index (χ0v) is 7.49. The standard InChI is InChI=1S/C10H18O2/c1-3-10(12)9(2)7-5-4-6-8-11/h4-7,9-12H,3,8H2,1-2H3/i8D,9D,10D. The molecule has 0 aliphatic rings. The van der Waals surface area contributed by atoms with Crippen LogP contribution in [-0.2, 0) is 0 Å². The minimum Gasteiger partial charge on any atom is -0.393 e. The molecule has 0 amide bonds. The third-order valence-electron chi connectivity index (χ3n) is 1.44. The molecule has 0 aromatic rings. The molecule has 0 saturated heterocycles. The van der Waals surface area contributed by atoms with Gasteiger partial charge in [0.15, 0.2) is 0 Å². The van der Waals surface area contributed by atoms with Crippen LogP contribution in [0.2, 0.25) is 0 Å². The van der Waals surface area contributed by atoms with Gasteiger partial charge in [0.2, 0.25) is 0 Å². The van der Waals surface area contributed by atoms with Gasteiger partial charge >= 0.3 is 0 Å². The Labute approximate surface area is 78.4 Å². The highest BCUT2D eigenvalue weighted by Gasteiger charge is 2.06. The molecular weight excluding hydrogens is 152 g/mol. The summed E-state index contributed by atoms with van der Waals surface area (Å²) in [6.45, 7) is 1.79. The lowest BCUT2D eigenvalue weighted by molar-refractivity contribution is 0.134. The Balaban J connectivity index is 4.50. The highest BCUT2D eigenvalue weighted by molar-refractivity contribution is 5.04. The fourth-order valence-corrected chi connectivity index (χ4v) is 0.689. The summed E-state index contributed by atoms with van der Waals surface area (Å²) < 4.78 is 22.0. The van der Waals surface area contributed by atoms with E-state index in [0.717, 1.165) is 0 Å². The fourth-order valence-electron chi connectivity index (χ4n) is 0.689. The highest BCUT2D eigenvalue weighted by Crippen LogP contribution is 2.07. The normalized spacial score (nSPS) is 28.8. The van der Waals surface area contributed by atoms with Crippen molar-refractivity contribution in [3.05, 3.63) is 24.3 Å². The molecule has 0 aliphatic heterocycles. The largest absolute Gasteiger partial charge is 0.393 e. The smallest absolute Gasteiger partial charge is 0.0615 e. The van der Waals surface area contributed by atoms with E-state index in [0.29, 0.717) is 0 Å². The molecule has 0 spiro atoms. The van der Waals surface area contributed by atoms with E-state index in [9.17, 15) is 5.11 Å². The predicted octanol–water partition coefficient (Wildman–Crippen LogP) is 1.50. The maximum atomic E-state index is 9.58. The van der Waals surface area contributed by atoms with Gasteiger partial charge in [-0.25, -0.2) is 0 Å². The van der Waals surface area contributed by atoms with Gasteiger partial charge in [0, 0.05) is 7.26 Å². The van der Waals surface area contributed by atoms with Gasteiger partial charge in [0.05, 0.1) is 15.4 Å². The van der Waals surface area contributed by atoms with E-state index in [-0.39, 0.29) is 6.42 Å². The number of aliphatic hydroxyl groups excluding tert-OH is 1. The van der Waals surface area contributed by atoms with E-state index in [1.165, 1.54) is 31.2 Å². The van der Waals surface area contributed by atoms with Crippen LogP contribution in [0.3, 0.4) is 0 Å². The molecule has 0 aromatic heterocycles. The molecule has 0 fully saturated rings. The molecule has 0 bridgehead atoms. The van der Waals surface area contributed by atoms with E-state index in [2.05, 4.69) is 0 Å². The van der Waals surface area contributed by atoms with Crippen molar-refractivity contribution >= 4 is 0 Å². The van der Waals surface area contributed by atoms with Crippen LogP contribution in [-0.4, -0.2) is 22.9 Å². The monoisotopic (exact) mass is 173 g/mol. The molecule has 0 rings (SSSR count). The second-order valence-corrected chi connectivity index (χ2v) is 2.38. The van der Waals surface area contributed by atoms with E-state index in [4.69, 9.17) is 9.22 Å². The SMILES string of the molecule is [2H]C(O)C=CC=CC([2H])(C)C([2H])(O)CC. The number of hydrogen-bond donors (Lipinski definition) is 2. The van der Waals surface area contributed by atoms with Gasteiger partial charge in [-0.05, 0) is 6.42 Å². The van der Waals surface area contributed by atoms with Gasteiger partial charge in [-0.15, -0.1) is 0 Å². The van der Waals surface area contributed by atoms with Crippen molar-refractivity contribution in [3.8, 4) is 0 Å². The molecule has 3 unspecified atom stereocenters. The Morgan fingerprint density at radius 2 is 2.25 bits per heavy atom. The van der Waals surface area contributed by atoms with E-state index < -0.39 is 18.6 Å². The van der Waals surface area contributed by atoms with E-state index >= 15 is 0 Å². The number of aliphatic hydroxyl groups is 2. The zero-order valence-electron chi connectivity index (χ0n) is 10.5. The Morgan fingerprint density at radius 3 is 2.75 bits per heavy atom. The Kier molecular flexibility index (Phi) is 4.05. The minimum absolute atomic E-state index is 0.155. The van der Waals surface area contributed by atoms with Crippen LogP contribution in [0.1, 0.15) is 24.4 Å². The van der Waals surface area contributed by atoms with Gasteiger partial charge in [0.25, 0.3) is 0 Å². The first-order valence-electron chi connectivity index (χ1n) is 5.49. The van der Waals surface area contributed by atoms with Crippen LogP contribution in [0.4, 0.5) is 0 Å². The zero-order chi connectivity index (χ0) is 12.1. The summed E-state index contributed by atoms with van der Waals surface area (Å²) in [6.07, 6.45) is 3.76. The van der Waals surface area contributed by atoms with Crippen molar-refractivity contribution in [2.75, 3.05) is 6.58 Å². The molecular formula is C10H18O2. The topological polar surface area (TPSA) is 40.5 Å². The fraction of sp³-hybridized carbons (Fsp3) is 0.600. The van der Waals surface area contributed by atoms with Crippen LogP contribution in [0.25, 0.3) is 0 Å². The summed E-state index contributed by atoms with van der Waals surface area (Å²) in [7, 11) is 0. The van der Waals surface area contributed by atoms with Crippen LogP contribution >= 0.6 is 0 Å². The van der Waals surface area contributed by atoms with Crippen molar-refractivity contribution in [3.63, 3.8) is 0 Å². The quantitative estimate of drug-likeness (QED) is 0.618. The first-order chi connectivity index (χ1) is 6.73. The average Bonchev–Trinajstić information content (AvgIpc) is 2.12. The Morgan fingerprint density at radius 1 is 1.58 bits per heavy atom. The molecule has 0 aliphatic carbocycles. The Bertz CT molecular complexity index is 245. The van der Waals surface area contributed by atoms with Crippen LogP contribution in [0.15, 0.2) is 24.3 Å². The third-order valence-corrected chi connectivity index (χ3v) is 1.44. The number of hydrogen-bond acceptors (Lipinski definition) is 2. The molecule has 0 aromatic carbocycles. The third kappa shape index (κ3) is 5.10. The molecule has 12 heavy (non-hydrogen) atoms.